The molecule has 0 saturated carbocycles. The first-order valence-corrected chi connectivity index (χ1v) is 12.9. The van der Waals surface area contributed by atoms with Crippen LogP contribution in [0.25, 0.3) is 0 Å². The molecule has 1 unspecified atom stereocenters. The first-order valence-electron chi connectivity index (χ1n) is 10.8. The SMILES string of the molecule is CCNC(=NCC1(c2ccc(OCC)cc2)CCOCC1)NC(C)CCS(C)(=O)=O.I. The minimum atomic E-state index is -2.97. The Hall–Kier alpha value is -1.07. The van der Waals surface area contributed by atoms with Gasteiger partial charge in [-0.15, -0.1) is 24.0 Å². The number of sulfone groups is 1. The standard InChI is InChI=1S/C22H37N3O4S.HI/c1-5-23-21(25-18(3)11-16-30(4,26)27)24-17-22(12-14-28-15-13-22)19-7-9-20(10-8-19)29-6-2;/h7-10,18H,5-6,11-17H2,1-4H3,(H2,23,24,25);1H. The number of hydrogen-bond donors (Lipinski definition) is 2. The summed E-state index contributed by atoms with van der Waals surface area (Å²) < 4.78 is 34.1. The Labute approximate surface area is 204 Å². The average Bonchev–Trinajstić information content (AvgIpc) is 2.72. The quantitative estimate of drug-likeness (QED) is 0.257. The van der Waals surface area contributed by atoms with E-state index in [0.29, 0.717) is 19.6 Å². The van der Waals surface area contributed by atoms with Crippen LogP contribution in [0.4, 0.5) is 0 Å². The molecule has 7 nitrogen and oxygen atoms in total. The van der Waals surface area contributed by atoms with Crippen molar-refractivity contribution in [1.29, 1.82) is 0 Å². The van der Waals surface area contributed by atoms with Gasteiger partial charge in [-0.1, -0.05) is 12.1 Å². The molecule has 31 heavy (non-hydrogen) atoms. The van der Waals surface area contributed by atoms with Crippen LogP contribution in [0.15, 0.2) is 29.3 Å². The van der Waals surface area contributed by atoms with E-state index in [2.05, 4.69) is 22.8 Å². The van der Waals surface area contributed by atoms with Gasteiger partial charge in [0.1, 0.15) is 15.6 Å². The Morgan fingerprint density at radius 3 is 2.42 bits per heavy atom. The predicted molar refractivity (Wildman–Crippen MR) is 138 cm³/mol. The number of rotatable bonds is 10. The van der Waals surface area contributed by atoms with Gasteiger partial charge in [-0.3, -0.25) is 4.99 Å². The molecule has 1 saturated heterocycles. The van der Waals surface area contributed by atoms with Crippen molar-refractivity contribution in [2.24, 2.45) is 4.99 Å². The van der Waals surface area contributed by atoms with E-state index in [1.54, 1.807) is 0 Å². The molecule has 1 heterocycles. The molecule has 2 rings (SSSR count). The van der Waals surface area contributed by atoms with Gasteiger partial charge in [0.2, 0.25) is 0 Å². The van der Waals surface area contributed by atoms with Crippen LogP contribution in [-0.2, 0) is 20.0 Å². The molecule has 0 aliphatic carbocycles. The zero-order chi connectivity index (χ0) is 22.0. The molecule has 0 radical (unpaired) electrons. The number of benzene rings is 1. The Morgan fingerprint density at radius 2 is 1.87 bits per heavy atom. The van der Waals surface area contributed by atoms with E-state index in [0.717, 1.165) is 44.3 Å². The summed E-state index contributed by atoms with van der Waals surface area (Å²) in [5.41, 5.74) is 1.17. The molecule has 0 aromatic heterocycles. The normalized spacial score (nSPS) is 17.4. The van der Waals surface area contributed by atoms with E-state index in [1.165, 1.54) is 11.8 Å². The second kappa shape index (κ2) is 13.5. The van der Waals surface area contributed by atoms with Gasteiger partial charge in [0.05, 0.1) is 18.9 Å². The van der Waals surface area contributed by atoms with Crippen molar-refractivity contribution in [2.75, 3.05) is 44.9 Å². The predicted octanol–water partition coefficient (Wildman–Crippen LogP) is 3.13. The lowest BCUT2D eigenvalue weighted by atomic mass is 9.74. The molecule has 1 aliphatic heterocycles. The van der Waals surface area contributed by atoms with Gasteiger partial charge in [-0.25, -0.2) is 8.42 Å². The highest BCUT2D eigenvalue weighted by Crippen LogP contribution is 2.36. The maximum absolute atomic E-state index is 11.4. The Bertz CT molecular complexity index is 778. The zero-order valence-electron chi connectivity index (χ0n) is 19.1. The van der Waals surface area contributed by atoms with E-state index < -0.39 is 9.84 Å². The summed E-state index contributed by atoms with van der Waals surface area (Å²) in [6, 6.07) is 8.34. The van der Waals surface area contributed by atoms with Gasteiger partial charge in [0, 0.05) is 37.5 Å². The lowest BCUT2D eigenvalue weighted by molar-refractivity contribution is 0.0531. The molecule has 0 bridgehead atoms. The smallest absolute Gasteiger partial charge is 0.191 e. The summed E-state index contributed by atoms with van der Waals surface area (Å²) in [7, 11) is -2.97. The maximum atomic E-state index is 11.4. The van der Waals surface area contributed by atoms with E-state index in [4.69, 9.17) is 14.5 Å². The van der Waals surface area contributed by atoms with Crippen molar-refractivity contribution in [2.45, 2.75) is 51.5 Å². The number of guanidine groups is 1. The summed E-state index contributed by atoms with van der Waals surface area (Å²) in [5.74, 6) is 1.76. The number of nitrogens with zero attached hydrogens (tertiary/aromatic N) is 1. The molecule has 178 valence electrons. The molecule has 1 fully saturated rings. The molecular formula is C22H38IN3O4S. The minimum absolute atomic E-state index is 0. The fourth-order valence-electron chi connectivity index (χ4n) is 3.62. The maximum Gasteiger partial charge on any atom is 0.191 e. The summed E-state index contributed by atoms with van der Waals surface area (Å²) in [4.78, 5) is 4.89. The molecule has 1 atom stereocenters. The van der Waals surface area contributed by atoms with Gasteiger partial charge in [0.15, 0.2) is 5.96 Å². The van der Waals surface area contributed by atoms with Gasteiger partial charge in [-0.2, -0.15) is 0 Å². The second-order valence-corrected chi connectivity index (χ2v) is 10.3. The third-order valence-corrected chi connectivity index (χ3v) is 6.39. The van der Waals surface area contributed by atoms with Gasteiger partial charge in [0.25, 0.3) is 0 Å². The number of ether oxygens (including phenoxy) is 2. The number of hydrogen-bond acceptors (Lipinski definition) is 5. The summed E-state index contributed by atoms with van der Waals surface area (Å²) in [6.45, 7) is 9.45. The van der Waals surface area contributed by atoms with E-state index in [9.17, 15) is 8.42 Å². The Morgan fingerprint density at radius 1 is 1.23 bits per heavy atom. The summed E-state index contributed by atoms with van der Waals surface area (Å²) >= 11 is 0. The topological polar surface area (TPSA) is 89.0 Å². The fraction of sp³-hybridized carbons (Fsp3) is 0.682. The summed E-state index contributed by atoms with van der Waals surface area (Å²) in [5, 5.41) is 6.63. The van der Waals surface area contributed by atoms with Crippen LogP contribution in [0.3, 0.4) is 0 Å². The van der Waals surface area contributed by atoms with Crippen molar-refractivity contribution in [3.05, 3.63) is 29.8 Å². The second-order valence-electron chi connectivity index (χ2n) is 8.01. The van der Waals surface area contributed by atoms with Crippen LogP contribution in [0.2, 0.25) is 0 Å². The summed E-state index contributed by atoms with van der Waals surface area (Å²) in [6.07, 6.45) is 3.63. The lowest BCUT2D eigenvalue weighted by Gasteiger charge is -2.37. The van der Waals surface area contributed by atoms with Gasteiger partial charge >= 0.3 is 0 Å². The molecule has 9 heteroatoms. The van der Waals surface area contributed by atoms with Crippen molar-refractivity contribution in [1.82, 2.24) is 10.6 Å². The van der Waals surface area contributed by atoms with Crippen LogP contribution < -0.4 is 15.4 Å². The van der Waals surface area contributed by atoms with Crippen LogP contribution in [0, 0.1) is 0 Å². The van der Waals surface area contributed by atoms with E-state index in [1.807, 2.05) is 32.9 Å². The molecule has 0 amide bonds. The molecule has 1 aromatic carbocycles. The van der Waals surface area contributed by atoms with Crippen LogP contribution >= 0.6 is 24.0 Å². The van der Waals surface area contributed by atoms with Crippen LogP contribution in [0.5, 0.6) is 5.75 Å². The van der Waals surface area contributed by atoms with E-state index >= 15 is 0 Å². The monoisotopic (exact) mass is 567 g/mol. The number of nitrogens with one attached hydrogen (secondary N) is 2. The number of halogens is 1. The van der Waals surface area contributed by atoms with Gasteiger partial charge < -0.3 is 20.1 Å². The molecular weight excluding hydrogens is 529 g/mol. The van der Waals surface area contributed by atoms with Crippen molar-refractivity contribution >= 4 is 39.8 Å². The van der Waals surface area contributed by atoms with Gasteiger partial charge in [-0.05, 0) is 57.7 Å². The first-order chi connectivity index (χ1) is 14.3. The fourth-order valence-corrected chi connectivity index (χ4v) is 4.40. The first kappa shape index (κ1) is 28.0. The largest absolute Gasteiger partial charge is 0.494 e. The molecule has 1 aromatic rings. The van der Waals surface area contributed by atoms with Crippen molar-refractivity contribution < 1.29 is 17.9 Å². The highest BCUT2D eigenvalue weighted by molar-refractivity contribution is 14.0. The third-order valence-electron chi connectivity index (χ3n) is 5.42. The highest BCUT2D eigenvalue weighted by atomic mass is 127. The molecule has 0 spiro atoms. The van der Waals surface area contributed by atoms with Crippen molar-refractivity contribution in [3.8, 4) is 5.75 Å². The Kier molecular flexibility index (Phi) is 12.2. The van der Waals surface area contributed by atoms with Crippen LogP contribution in [0.1, 0.15) is 45.6 Å². The van der Waals surface area contributed by atoms with Crippen LogP contribution in [-0.4, -0.2) is 65.3 Å². The lowest BCUT2D eigenvalue weighted by Crippen LogP contribution is -2.44. The molecule has 1 aliphatic rings. The minimum Gasteiger partial charge on any atom is -0.494 e. The Balaban J connectivity index is 0.00000480. The molecule has 2 N–H and O–H groups in total. The van der Waals surface area contributed by atoms with Crippen molar-refractivity contribution in [3.63, 3.8) is 0 Å². The zero-order valence-corrected chi connectivity index (χ0v) is 22.3. The average molecular weight is 568 g/mol. The van der Waals surface area contributed by atoms with E-state index in [-0.39, 0.29) is 41.2 Å². The highest BCUT2D eigenvalue weighted by Gasteiger charge is 2.34. The third kappa shape index (κ3) is 9.53. The number of aliphatic imine (C=N–C) groups is 1.